The first-order valence-corrected chi connectivity index (χ1v) is 3.16. The third-order valence-corrected chi connectivity index (χ3v) is 0.917. The fraction of sp³-hybridized carbons (Fsp3) is 0.833. The normalized spacial score (nSPS) is 10.0. The summed E-state index contributed by atoms with van der Waals surface area (Å²) in [6, 6.07) is 0. The van der Waals surface area contributed by atoms with Gasteiger partial charge in [-0.05, 0) is 0 Å². The van der Waals surface area contributed by atoms with Gasteiger partial charge in [-0.25, -0.2) is 5.90 Å². The van der Waals surface area contributed by atoms with E-state index in [-0.39, 0.29) is 25.1 Å². The summed E-state index contributed by atoms with van der Waals surface area (Å²) < 4.78 is 4.70. The van der Waals surface area contributed by atoms with Crippen LogP contribution < -0.4 is 5.90 Å². The molecular weight excluding hydrogens is 134 g/mol. The highest BCUT2D eigenvalue weighted by molar-refractivity contribution is 5.71. The van der Waals surface area contributed by atoms with Gasteiger partial charge in [-0.3, -0.25) is 4.79 Å². The Hall–Kier alpha value is -0.610. The Morgan fingerprint density at radius 3 is 2.50 bits per heavy atom. The van der Waals surface area contributed by atoms with Crippen LogP contribution in [0.25, 0.3) is 0 Å². The maximum atomic E-state index is 10.7. The topological polar surface area (TPSA) is 61.5 Å². The molecule has 0 spiro atoms. The highest BCUT2D eigenvalue weighted by atomic mass is 16.6. The number of ether oxygens (including phenoxy) is 1. The molecule has 0 saturated heterocycles. The first-order chi connectivity index (χ1) is 4.68. The van der Waals surface area contributed by atoms with Gasteiger partial charge in [0.1, 0.15) is 13.2 Å². The zero-order valence-electron chi connectivity index (χ0n) is 6.29. The van der Waals surface area contributed by atoms with Crippen molar-refractivity contribution in [3.8, 4) is 0 Å². The molecule has 0 unspecified atom stereocenters. The van der Waals surface area contributed by atoms with Crippen LogP contribution in [0.3, 0.4) is 0 Å². The average molecular weight is 147 g/mol. The number of esters is 1. The van der Waals surface area contributed by atoms with Gasteiger partial charge in [0.2, 0.25) is 0 Å². The summed E-state index contributed by atoms with van der Waals surface area (Å²) in [7, 11) is 0. The smallest absolute Gasteiger partial charge is 0.308 e. The maximum absolute atomic E-state index is 10.7. The number of hydrogen-bond donors (Lipinski definition) is 1. The van der Waals surface area contributed by atoms with Gasteiger partial charge in [-0.15, -0.1) is 0 Å². The molecule has 0 amide bonds. The van der Waals surface area contributed by atoms with Gasteiger partial charge in [0.15, 0.2) is 0 Å². The van der Waals surface area contributed by atoms with Crippen molar-refractivity contribution in [2.45, 2.75) is 13.8 Å². The molecule has 0 radical (unpaired) electrons. The van der Waals surface area contributed by atoms with Gasteiger partial charge in [0.25, 0.3) is 0 Å². The SMILES string of the molecule is CC(C)C(=O)OCCON. The van der Waals surface area contributed by atoms with Crippen molar-refractivity contribution in [2.75, 3.05) is 13.2 Å². The molecule has 4 heteroatoms. The Morgan fingerprint density at radius 1 is 1.50 bits per heavy atom. The minimum absolute atomic E-state index is 0.0854. The lowest BCUT2D eigenvalue weighted by molar-refractivity contribution is -0.148. The van der Waals surface area contributed by atoms with Gasteiger partial charge in [-0.2, -0.15) is 0 Å². The number of rotatable bonds is 4. The largest absolute Gasteiger partial charge is 0.463 e. The van der Waals surface area contributed by atoms with Crippen LogP contribution in [-0.4, -0.2) is 19.2 Å². The Labute approximate surface area is 60.2 Å². The van der Waals surface area contributed by atoms with Crippen LogP contribution in [0, 0.1) is 5.92 Å². The van der Waals surface area contributed by atoms with Gasteiger partial charge in [0, 0.05) is 0 Å². The predicted molar refractivity (Wildman–Crippen MR) is 35.9 cm³/mol. The quantitative estimate of drug-likeness (QED) is 0.347. The average Bonchev–Trinajstić information content (AvgIpc) is 1.88. The summed E-state index contributed by atoms with van der Waals surface area (Å²) in [5.41, 5.74) is 0. The summed E-state index contributed by atoms with van der Waals surface area (Å²) in [4.78, 5) is 14.9. The molecule has 0 aliphatic heterocycles. The molecular formula is C6H13NO3. The first-order valence-electron chi connectivity index (χ1n) is 3.16. The van der Waals surface area contributed by atoms with Gasteiger partial charge >= 0.3 is 5.97 Å². The van der Waals surface area contributed by atoms with E-state index in [2.05, 4.69) is 4.84 Å². The lowest BCUT2D eigenvalue weighted by atomic mass is 10.2. The molecule has 10 heavy (non-hydrogen) atoms. The van der Waals surface area contributed by atoms with Crippen LogP contribution in [0.15, 0.2) is 0 Å². The van der Waals surface area contributed by atoms with Crippen LogP contribution in [0.5, 0.6) is 0 Å². The van der Waals surface area contributed by atoms with Crippen LogP contribution in [0.4, 0.5) is 0 Å². The number of carbonyl (C=O) groups excluding carboxylic acids is 1. The number of hydrogen-bond acceptors (Lipinski definition) is 4. The van der Waals surface area contributed by atoms with E-state index in [1.54, 1.807) is 13.8 Å². The number of nitrogens with two attached hydrogens (primary N) is 1. The van der Waals surface area contributed by atoms with Crippen molar-refractivity contribution in [3.05, 3.63) is 0 Å². The van der Waals surface area contributed by atoms with E-state index in [0.717, 1.165) is 0 Å². The molecule has 0 heterocycles. The monoisotopic (exact) mass is 147 g/mol. The molecule has 0 bridgehead atoms. The highest BCUT2D eigenvalue weighted by Gasteiger charge is 2.06. The Bertz CT molecular complexity index is 103. The molecule has 0 saturated carbocycles. The fourth-order valence-electron chi connectivity index (χ4n) is 0.357. The van der Waals surface area contributed by atoms with Crippen molar-refractivity contribution < 1.29 is 14.4 Å². The third kappa shape index (κ3) is 4.29. The third-order valence-electron chi connectivity index (χ3n) is 0.917. The predicted octanol–water partition coefficient (Wildman–Crippen LogP) is 0.0759. The van der Waals surface area contributed by atoms with Gasteiger partial charge in [0.05, 0.1) is 5.92 Å². The molecule has 0 aliphatic carbocycles. The zero-order chi connectivity index (χ0) is 7.98. The molecule has 60 valence electrons. The molecule has 0 aromatic rings. The molecule has 4 nitrogen and oxygen atoms in total. The summed E-state index contributed by atoms with van der Waals surface area (Å²) in [5, 5.41) is 0. The van der Waals surface area contributed by atoms with Crippen molar-refractivity contribution in [1.29, 1.82) is 0 Å². The van der Waals surface area contributed by atoms with E-state index in [4.69, 9.17) is 10.6 Å². The van der Waals surface area contributed by atoms with Crippen LogP contribution in [-0.2, 0) is 14.4 Å². The molecule has 0 atom stereocenters. The second-order valence-electron chi connectivity index (χ2n) is 2.19. The van der Waals surface area contributed by atoms with Crippen molar-refractivity contribution in [3.63, 3.8) is 0 Å². The minimum Gasteiger partial charge on any atom is -0.463 e. The van der Waals surface area contributed by atoms with E-state index < -0.39 is 0 Å². The van der Waals surface area contributed by atoms with E-state index in [9.17, 15) is 4.79 Å². The van der Waals surface area contributed by atoms with Gasteiger partial charge in [-0.1, -0.05) is 13.8 Å². The zero-order valence-corrected chi connectivity index (χ0v) is 6.29. The molecule has 0 aliphatic rings. The molecule has 0 fully saturated rings. The Kier molecular flexibility index (Phi) is 4.88. The molecule has 2 N–H and O–H groups in total. The Balaban J connectivity index is 3.22. The molecule has 0 aromatic heterocycles. The van der Waals surface area contributed by atoms with Crippen molar-refractivity contribution >= 4 is 5.97 Å². The number of carbonyl (C=O) groups is 1. The van der Waals surface area contributed by atoms with Crippen LogP contribution in [0.2, 0.25) is 0 Å². The van der Waals surface area contributed by atoms with E-state index >= 15 is 0 Å². The van der Waals surface area contributed by atoms with Crippen molar-refractivity contribution in [2.24, 2.45) is 11.8 Å². The summed E-state index contributed by atoms with van der Waals surface area (Å²) in [6.45, 7) is 4.02. The standard InChI is InChI=1S/C6H13NO3/c1-5(2)6(8)9-3-4-10-7/h5H,3-4,7H2,1-2H3. The minimum atomic E-state index is -0.225. The van der Waals surface area contributed by atoms with Gasteiger partial charge < -0.3 is 9.57 Å². The fourth-order valence-corrected chi connectivity index (χ4v) is 0.357. The first kappa shape index (κ1) is 9.39. The second-order valence-corrected chi connectivity index (χ2v) is 2.19. The Morgan fingerprint density at radius 2 is 2.10 bits per heavy atom. The summed E-state index contributed by atoms with van der Waals surface area (Å²) in [6.07, 6.45) is 0. The highest BCUT2D eigenvalue weighted by Crippen LogP contribution is 1.94. The lowest BCUT2D eigenvalue weighted by Crippen LogP contribution is -2.16. The van der Waals surface area contributed by atoms with E-state index in [0.29, 0.717) is 0 Å². The van der Waals surface area contributed by atoms with E-state index in [1.165, 1.54) is 0 Å². The summed E-state index contributed by atoms with van der Waals surface area (Å²) >= 11 is 0. The maximum Gasteiger partial charge on any atom is 0.308 e. The van der Waals surface area contributed by atoms with Crippen LogP contribution in [0.1, 0.15) is 13.8 Å². The molecule has 0 rings (SSSR count). The summed E-state index contributed by atoms with van der Waals surface area (Å²) in [5.74, 6) is 4.39. The lowest BCUT2D eigenvalue weighted by Gasteiger charge is -2.04. The van der Waals surface area contributed by atoms with Crippen LogP contribution >= 0.6 is 0 Å². The molecule has 0 aromatic carbocycles. The van der Waals surface area contributed by atoms with Crippen molar-refractivity contribution in [1.82, 2.24) is 0 Å². The second kappa shape index (κ2) is 5.20. The van der Waals surface area contributed by atoms with E-state index in [1.807, 2.05) is 0 Å².